The summed E-state index contributed by atoms with van der Waals surface area (Å²) in [5, 5.41) is 10.4. The van der Waals surface area contributed by atoms with Crippen LogP contribution in [0.4, 0.5) is 22.2 Å². The summed E-state index contributed by atoms with van der Waals surface area (Å²) >= 11 is 0. The van der Waals surface area contributed by atoms with E-state index in [1.165, 1.54) is 0 Å². The van der Waals surface area contributed by atoms with Crippen LogP contribution in [0.5, 0.6) is 0 Å². The number of para-hydroxylation sites is 1. The lowest BCUT2D eigenvalue weighted by molar-refractivity contribution is 0.0526. The zero-order valence-corrected chi connectivity index (χ0v) is 20.4. The van der Waals surface area contributed by atoms with Crippen LogP contribution >= 0.6 is 0 Å². The van der Waals surface area contributed by atoms with E-state index in [1.54, 1.807) is 31.2 Å². The fourth-order valence-electron chi connectivity index (χ4n) is 4.29. The van der Waals surface area contributed by atoms with Crippen LogP contribution in [-0.4, -0.2) is 54.8 Å². The second-order valence-electron chi connectivity index (χ2n) is 8.87. The number of rotatable bonds is 7. The van der Waals surface area contributed by atoms with Gasteiger partial charge in [0.25, 0.3) is 0 Å². The number of fused-ring (bicyclic) bond motifs is 1. The van der Waals surface area contributed by atoms with Crippen LogP contribution in [-0.2, 0) is 4.74 Å². The largest absolute Gasteiger partial charge is 0.462 e. The molecule has 0 bridgehead atoms. The van der Waals surface area contributed by atoms with Gasteiger partial charge in [-0.2, -0.15) is 4.98 Å². The van der Waals surface area contributed by atoms with Crippen LogP contribution < -0.4 is 20.9 Å². The molecule has 3 N–H and O–H groups in total. The highest BCUT2D eigenvalue weighted by atomic mass is 16.5. The van der Waals surface area contributed by atoms with Gasteiger partial charge in [-0.25, -0.2) is 14.6 Å². The van der Waals surface area contributed by atoms with Crippen molar-refractivity contribution in [1.29, 1.82) is 0 Å². The third-order valence-electron chi connectivity index (χ3n) is 6.06. The minimum atomic E-state index is -0.374. The van der Waals surface area contributed by atoms with Crippen molar-refractivity contribution < 1.29 is 14.3 Å². The molecule has 2 aromatic carbocycles. The van der Waals surface area contributed by atoms with E-state index in [4.69, 9.17) is 14.7 Å². The monoisotopic (exact) mass is 476 g/mol. The number of benzene rings is 2. The van der Waals surface area contributed by atoms with E-state index < -0.39 is 0 Å². The van der Waals surface area contributed by atoms with E-state index in [2.05, 4.69) is 16.0 Å². The minimum absolute atomic E-state index is 0.0988. The quantitative estimate of drug-likeness (QED) is 0.433. The number of ether oxygens (including phenoxy) is 1. The Morgan fingerprint density at radius 3 is 2.34 bits per heavy atom. The highest BCUT2D eigenvalue weighted by molar-refractivity contribution is 5.92. The topological polar surface area (TPSA) is 108 Å². The molecular formula is C26H32N6O3. The Bertz CT molecular complexity index is 1170. The van der Waals surface area contributed by atoms with E-state index >= 15 is 0 Å². The Kier molecular flexibility index (Phi) is 7.64. The van der Waals surface area contributed by atoms with E-state index in [-0.39, 0.29) is 24.1 Å². The smallest absolute Gasteiger partial charge is 0.338 e. The molecule has 1 aliphatic rings. The van der Waals surface area contributed by atoms with Crippen LogP contribution in [0.15, 0.2) is 48.5 Å². The lowest BCUT2D eigenvalue weighted by Gasteiger charge is -2.30. The number of carbonyl (C=O) groups excluding carboxylic acids is 2. The number of esters is 1. The highest BCUT2D eigenvalue weighted by Crippen LogP contribution is 2.26. The summed E-state index contributed by atoms with van der Waals surface area (Å²) in [6, 6.07) is 14.8. The average Bonchev–Trinajstić information content (AvgIpc) is 2.85. The molecule has 1 heterocycles. The van der Waals surface area contributed by atoms with Gasteiger partial charge in [0.15, 0.2) is 0 Å². The standard InChI is InChI=1S/C26H32N6O3/c1-4-35-24(33)17-9-11-19(12-10-17)28-26(34)29-20-15-13-18(14-16-20)27-25-30-22-8-6-5-7-21(22)23(31-25)32(2)3/h5-12,18,20H,4,13-16H2,1-3H3,(H,27,30,31)(H2,28,29,34)/t18-,20+. The second kappa shape index (κ2) is 11.0. The number of anilines is 3. The van der Waals surface area contributed by atoms with Crippen LogP contribution in [0, 0.1) is 0 Å². The molecule has 1 aromatic heterocycles. The summed E-state index contributed by atoms with van der Waals surface area (Å²) in [5.74, 6) is 1.15. The summed E-state index contributed by atoms with van der Waals surface area (Å²) in [4.78, 5) is 35.6. The van der Waals surface area contributed by atoms with Crippen molar-refractivity contribution in [2.45, 2.75) is 44.7 Å². The Hall–Kier alpha value is -3.88. The summed E-state index contributed by atoms with van der Waals surface area (Å²) in [6.45, 7) is 2.09. The first-order chi connectivity index (χ1) is 16.9. The van der Waals surface area contributed by atoms with Crippen molar-refractivity contribution in [3.63, 3.8) is 0 Å². The van der Waals surface area contributed by atoms with Crippen molar-refractivity contribution in [3.8, 4) is 0 Å². The second-order valence-corrected chi connectivity index (χ2v) is 8.87. The molecule has 2 amide bonds. The van der Waals surface area contributed by atoms with E-state index in [9.17, 15) is 9.59 Å². The first-order valence-electron chi connectivity index (χ1n) is 12.0. The lowest BCUT2D eigenvalue weighted by atomic mass is 9.91. The number of hydrogen-bond acceptors (Lipinski definition) is 7. The molecule has 1 fully saturated rings. The minimum Gasteiger partial charge on any atom is -0.462 e. The van der Waals surface area contributed by atoms with Gasteiger partial charge in [0, 0.05) is 37.3 Å². The van der Waals surface area contributed by atoms with Gasteiger partial charge in [-0.3, -0.25) is 0 Å². The van der Waals surface area contributed by atoms with Crippen molar-refractivity contribution in [2.75, 3.05) is 36.2 Å². The molecule has 0 spiro atoms. The molecule has 1 saturated carbocycles. The van der Waals surface area contributed by atoms with Gasteiger partial charge >= 0.3 is 12.0 Å². The average molecular weight is 477 g/mol. The van der Waals surface area contributed by atoms with Crippen molar-refractivity contribution >= 4 is 40.4 Å². The summed E-state index contributed by atoms with van der Waals surface area (Å²) in [6.07, 6.45) is 3.54. The maximum atomic E-state index is 12.4. The molecule has 4 rings (SSSR count). The normalized spacial score (nSPS) is 17.5. The number of amides is 2. The molecule has 0 radical (unpaired) electrons. The number of hydrogen-bond donors (Lipinski definition) is 3. The number of nitrogens with one attached hydrogen (secondary N) is 3. The van der Waals surface area contributed by atoms with E-state index in [1.807, 2.05) is 43.3 Å². The zero-order chi connectivity index (χ0) is 24.8. The lowest BCUT2D eigenvalue weighted by Crippen LogP contribution is -2.42. The number of carbonyl (C=O) groups is 2. The van der Waals surface area contributed by atoms with Gasteiger partial charge in [0.05, 0.1) is 17.7 Å². The maximum absolute atomic E-state index is 12.4. The Morgan fingerprint density at radius 2 is 1.66 bits per heavy atom. The predicted octanol–water partition coefficient (Wildman–Crippen LogP) is 4.42. The van der Waals surface area contributed by atoms with Crippen molar-refractivity contribution in [2.24, 2.45) is 0 Å². The van der Waals surface area contributed by atoms with Crippen LogP contribution in [0.3, 0.4) is 0 Å². The highest BCUT2D eigenvalue weighted by Gasteiger charge is 2.23. The summed E-state index contributed by atoms with van der Waals surface area (Å²) in [5.41, 5.74) is 1.99. The van der Waals surface area contributed by atoms with Gasteiger partial charge in [-0.05, 0) is 69.0 Å². The number of nitrogens with zero attached hydrogens (tertiary/aromatic N) is 3. The Balaban J connectivity index is 1.28. The molecule has 184 valence electrons. The number of aromatic nitrogens is 2. The van der Waals surface area contributed by atoms with E-state index in [0.29, 0.717) is 23.8 Å². The van der Waals surface area contributed by atoms with Crippen LogP contribution in [0.25, 0.3) is 10.9 Å². The molecule has 35 heavy (non-hydrogen) atoms. The van der Waals surface area contributed by atoms with Crippen molar-refractivity contribution in [3.05, 3.63) is 54.1 Å². The third-order valence-corrected chi connectivity index (χ3v) is 6.06. The van der Waals surface area contributed by atoms with Crippen LogP contribution in [0.2, 0.25) is 0 Å². The molecule has 0 atom stereocenters. The zero-order valence-electron chi connectivity index (χ0n) is 20.4. The molecule has 1 aliphatic carbocycles. The fourth-order valence-corrected chi connectivity index (χ4v) is 4.29. The first kappa shape index (κ1) is 24.3. The van der Waals surface area contributed by atoms with Crippen molar-refractivity contribution in [1.82, 2.24) is 15.3 Å². The predicted molar refractivity (Wildman–Crippen MR) is 138 cm³/mol. The molecule has 0 aliphatic heterocycles. The molecule has 9 heteroatoms. The van der Waals surface area contributed by atoms with Gasteiger partial charge in [0.2, 0.25) is 5.95 Å². The molecular weight excluding hydrogens is 444 g/mol. The fraction of sp³-hybridized carbons (Fsp3) is 0.385. The Labute approximate surface area is 205 Å². The number of urea groups is 1. The molecule has 3 aromatic rings. The third kappa shape index (κ3) is 6.17. The SMILES string of the molecule is CCOC(=O)c1ccc(NC(=O)N[C@H]2CC[C@@H](Nc3nc(N(C)C)c4ccccc4n3)CC2)cc1. The summed E-state index contributed by atoms with van der Waals surface area (Å²) < 4.78 is 4.98. The molecule has 9 nitrogen and oxygen atoms in total. The Morgan fingerprint density at radius 1 is 0.971 bits per heavy atom. The van der Waals surface area contributed by atoms with Crippen LogP contribution in [0.1, 0.15) is 43.0 Å². The summed E-state index contributed by atoms with van der Waals surface area (Å²) in [7, 11) is 3.96. The van der Waals surface area contributed by atoms with Gasteiger partial charge in [-0.1, -0.05) is 12.1 Å². The van der Waals surface area contributed by atoms with Gasteiger partial charge in [0.1, 0.15) is 5.82 Å². The molecule has 0 unspecified atom stereocenters. The van der Waals surface area contributed by atoms with E-state index in [0.717, 1.165) is 42.4 Å². The van der Waals surface area contributed by atoms with Gasteiger partial charge in [-0.15, -0.1) is 0 Å². The first-order valence-corrected chi connectivity index (χ1v) is 12.0. The molecule has 0 saturated heterocycles. The van der Waals surface area contributed by atoms with Gasteiger partial charge < -0.3 is 25.6 Å². The maximum Gasteiger partial charge on any atom is 0.338 e.